The highest BCUT2D eigenvalue weighted by Crippen LogP contribution is 2.63. The van der Waals surface area contributed by atoms with Crippen molar-refractivity contribution in [2.45, 2.75) is 17.7 Å². The lowest BCUT2D eigenvalue weighted by Crippen LogP contribution is -2.34. The zero-order valence-corrected chi connectivity index (χ0v) is 19.8. The fourth-order valence-electron chi connectivity index (χ4n) is 2.65. The van der Waals surface area contributed by atoms with Gasteiger partial charge in [-0.3, -0.25) is 10.1 Å². The van der Waals surface area contributed by atoms with Gasteiger partial charge in [-0.1, -0.05) is 59.4 Å². The average molecular weight is 531 g/mol. The van der Waals surface area contributed by atoms with Crippen molar-refractivity contribution in [2.75, 3.05) is 11.9 Å². The molecule has 0 saturated heterocycles. The van der Waals surface area contributed by atoms with E-state index in [1.807, 2.05) is 6.92 Å². The smallest absolute Gasteiger partial charge is 0.326 e. The van der Waals surface area contributed by atoms with Gasteiger partial charge in [0.2, 0.25) is 0 Å². The van der Waals surface area contributed by atoms with Crippen molar-refractivity contribution in [2.24, 2.45) is 5.41 Å². The Hall–Kier alpha value is -1.08. The maximum absolute atomic E-state index is 12.3. The monoisotopic (exact) mass is 528 g/mol. The predicted molar refractivity (Wildman–Crippen MR) is 122 cm³/mol. The van der Waals surface area contributed by atoms with Crippen molar-refractivity contribution in [1.29, 1.82) is 0 Å². The zero-order chi connectivity index (χ0) is 22.3. The van der Waals surface area contributed by atoms with Crippen molar-refractivity contribution in [3.05, 3.63) is 56.0 Å². The third kappa shape index (κ3) is 5.04. The molecule has 160 valence electrons. The summed E-state index contributed by atoms with van der Waals surface area (Å²) >= 11 is 36.6. The van der Waals surface area contributed by atoms with Gasteiger partial charge in [0, 0.05) is 11.1 Å². The van der Waals surface area contributed by atoms with E-state index in [0.29, 0.717) is 6.42 Å². The van der Waals surface area contributed by atoms with Gasteiger partial charge in [-0.05, 0) is 30.7 Å². The third-order valence-corrected chi connectivity index (χ3v) is 6.95. The molecule has 0 heterocycles. The molecule has 1 fully saturated rings. The van der Waals surface area contributed by atoms with E-state index >= 15 is 0 Å². The molecule has 0 spiro atoms. The molecular formula is C19H14Cl6N2O3. The maximum atomic E-state index is 12.3. The molecule has 1 unspecified atom stereocenters. The minimum atomic E-state index is -0.845. The van der Waals surface area contributed by atoms with Crippen LogP contribution in [0, 0.1) is 5.41 Å². The number of anilines is 1. The summed E-state index contributed by atoms with van der Waals surface area (Å²) in [4.78, 5) is 24.5. The first-order chi connectivity index (χ1) is 13.9. The number of rotatable bonds is 5. The molecule has 5 nitrogen and oxygen atoms in total. The van der Waals surface area contributed by atoms with Crippen LogP contribution >= 0.6 is 69.6 Å². The van der Waals surface area contributed by atoms with Crippen LogP contribution in [0.5, 0.6) is 5.75 Å². The number of carbonyl (C=O) groups is 2. The van der Waals surface area contributed by atoms with E-state index in [1.165, 1.54) is 24.3 Å². The standard InChI is InChI=1S/C19H14Cl6N2O3/c1-18(7-19(18,24)25)8-30-15-12(22)5-9(6-13(15)23)26-17(29)27-16(28)14-10(20)3-2-4-11(14)21/h2-6H,7-8H2,1H3,(H2,26,27,28,29). The van der Waals surface area contributed by atoms with Gasteiger partial charge in [-0.25, -0.2) is 4.79 Å². The lowest BCUT2D eigenvalue weighted by Gasteiger charge is -2.16. The second kappa shape index (κ2) is 8.81. The Morgan fingerprint density at radius 2 is 1.57 bits per heavy atom. The van der Waals surface area contributed by atoms with Gasteiger partial charge < -0.3 is 10.1 Å². The van der Waals surface area contributed by atoms with Crippen LogP contribution in [0.1, 0.15) is 23.7 Å². The van der Waals surface area contributed by atoms with Crippen molar-refractivity contribution in [1.82, 2.24) is 5.32 Å². The molecular weight excluding hydrogens is 517 g/mol. The second-order valence-corrected chi connectivity index (χ2v) is 10.1. The minimum Gasteiger partial charge on any atom is -0.490 e. The summed E-state index contributed by atoms with van der Waals surface area (Å²) < 4.78 is 4.85. The SMILES string of the molecule is CC1(COc2c(Cl)cc(NC(=O)NC(=O)c3c(Cl)cccc3Cl)cc2Cl)CC1(Cl)Cl. The number of benzene rings is 2. The van der Waals surface area contributed by atoms with E-state index in [4.69, 9.17) is 74.3 Å². The fraction of sp³-hybridized carbons (Fsp3) is 0.263. The van der Waals surface area contributed by atoms with E-state index in [0.717, 1.165) is 0 Å². The molecule has 1 saturated carbocycles. The Morgan fingerprint density at radius 3 is 2.07 bits per heavy atom. The molecule has 11 heteroatoms. The molecule has 2 N–H and O–H groups in total. The van der Waals surface area contributed by atoms with Crippen molar-refractivity contribution < 1.29 is 14.3 Å². The predicted octanol–water partition coefficient (Wildman–Crippen LogP) is 7.22. The molecule has 0 aromatic heterocycles. The van der Waals surface area contributed by atoms with Crippen molar-refractivity contribution in [3.8, 4) is 5.75 Å². The number of ether oxygens (including phenoxy) is 1. The summed E-state index contributed by atoms with van der Waals surface area (Å²) in [5.41, 5.74) is -0.173. The molecule has 3 amide bonds. The van der Waals surface area contributed by atoms with E-state index in [-0.39, 0.29) is 43.7 Å². The average Bonchev–Trinajstić information content (AvgIpc) is 3.11. The number of hydrogen-bond acceptors (Lipinski definition) is 3. The van der Waals surface area contributed by atoms with Crippen LogP contribution in [-0.2, 0) is 0 Å². The van der Waals surface area contributed by atoms with Gasteiger partial charge in [0.05, 0.1) is 32.3 Å². The summed E-state index contributed by atoms with van der Waals surface area (Å²) in [6, 6.07) is 6.59. The Bertz CT molecular complexity index is 986. The van der Waals surface area contributed by atoms with Crippen LogP contribution < -0.4 is 15.4 Å². The fourth-order valence-corrected chi connectivity index (χ4v) is 4.51. The number of carbonyl (C=O) groups excluding carboxylic acids is 2. The van der Waals surface area contributed by atoms with Gasteiger partial charge in [0.1, 0.15) is 4.33 Å². The number of nitrogens with one attached hydrogen (secondary N) is 2. The lowest BCUT2D eigenvalue weighted by atomic mass is 10.2. The lowest BCUT2D eigenvalue weighted by molar-refractivity contribution is 0.0967. The number of imide groups is 1. The van der Waals surface area contributed by atoms with Crippen LogP contribution in [-0.4, -0.2) is 22.9 Å². The van der Waals surface area contributed by atoms with E-state index in [1.54, 1.807) is 6.07 Å². The van der Waals surface area contributed by atoms with E-state index in [2.05, 4.69) is 10.6 Å². The highest BCUT2D eigenvalue weighted by molar-refractivity contribution is 6.51. The van der Waals surface area contributed by atoms with Crippen molar-refractivity contribution in [3.63, 3.8) is 0 Å². The van der Waals surface area contributed by atoms with Gasteiger partial charge in [-0.2, -0.15) is 0 Å². The first-order valence-corrected chi connectivity index (χ1v) is 10.8. The van der Waals surface area contributed by atoms with E-state index < -0.39 is 21.7 Å². The molecule has 30 heavy (non-hydrogen) atoms. The van der Waals surface area contributed by atoms with Crippen LogP contribution in [0.25, 0.3) is 0 Å². The highest BCUT2D eigenvalue weighted by Gasteiger charge is 2.63. The Balaban J connectivity index is 1.65. The second-order valence-electron chi connectivity index (χ2n) is 7.00. The van der Waals surface area contributed by atoms with Gasteiger partial charge in [0.25, 0.3) is 5.91 Å². The maximum Gasteiger partial charge on any atom is 0.326 e. The highest BCUT2D eigenvalue weighted by atomic mass is 35.5. The number of amides is 3. The quantitative estimate of drug-likeness (QED) is 0.401. The molecule has 0 bridgehead atoms. The van der Waals surface area contributed by atoms with E-state index in [9.17, 15) is 9.59 Å². The summed E-state index contributed by atoms with van der Waals surface area (Å²) in [7, 11) is 0. The topological polar surface area (TPSA) is 67.4 Å². The molecule has 1 aliphatic carbocycles. The molecule has 3 rings (SSSR count). The first kappa shape index (κ1) is 23.6. The molecule has 1 atom stereocenters. The molecule has 1 aliphatic rings. The van der Waals surface area contributed by atoms with Crippen LogP contribution in [0.15, 0.2) is 30.3 Å². The number of halogens is 6. The summed E-state index contributed by atoms with van der Waals surface area (Å²) in [5.74, 6) is -0.524. The van der Waals surface area contributed by atoms with Crippen molar-refractivity contribution >= 4 is 87.2 Å². The molecule has 2 aromatic rings. The normalized spacial score (nSPS) is 19.2. The third-order valence-electron chi connectivity index (χ3n) is 4.58. The van der Waals surface area contributed by atoms with Gasteiger partial charge in [-0.15, -0.1) is 23.2 Å². The molecule has 0 radical (unpaired) electrons. The van der Waals surface area contributed by atoms with Crippen LogP contribution in [0.4, 0.5) is 10.5 Å². The zero-order valence-electron chi connectivity index (χ0n) is 15.3. The van der Waals surface area contributed by atoms with Gasteiger partial charge >= 0.3 is 6.03 Å². The Labute approximate surface area is 202 Å². The summed E-state index contributed by atoms with van der Waals surface area (Å²) in [5, 5.41) is 5.16. The largest absolute Gasteiger partial charge is 0.490 e. The summed E-state index contributed by atoms with van der Waals surface area (Å²) in [6.45, 7) is 2.11. The number of alkyl halides is 2. The Morgan fingerprint density at radius 1 is 1.03 bits per heavy atom. The minimum absolute atomic E-state index is 0.0148. The number of urea groups is 1. The van der Waals surface area contributed by atoms with Crippen LogP contribution in [0.2, 0.25) is 20.1 Å². The number of hydrogen-bond donors (Lipinski definition) is 2. The van der Waals surface area contributed by atoms with Crippen LogP contribution in [0.3, 0.4) is 0 Å². The molecule has 0 aliphatic heterocycles. The summed E-state index contributed by atoms with van der Waals surface area (Å²) in [6.07, 6.45) is 0.585. The Kier molecular flexibility index (Phi) is 6.93. The molecule has 2 aromatic carbocycles. The first-order valence-electron chi connectivity index (χ1n) is 8.49. The van der Waals surface area contributed by atoms with Gasteiger partial charge in [0.15, 0.2) is 5.75 Å².